The highest BCUT2D eigenvalue weighted by Gasteiger charge is 2.28. The molecule has 10 heavy (non-hydrogen) atoms. The van der Waals surface area contributed by atoms with Crippen LogP contribution in [0.3, 0.4) is 0 Å². The zero-order valence-electron chi connectivity index (χ0n) is 6.09. The molecule has 0 aromatic rings. The number of esters is 1. The monoisotopic (exact) mass is 142 g/mol. The van der Waals surface area contributed by atoms with Gasteiger partial charge in [0.1, 0.15) is 0 Å². The molecule has 1 aliphatic heterocycles. The summed E-state index contributed by atoms with van der Waals surface area (Å²) in [7, 11) is 1.41. The van der Waals surface area contributed by atoms with Crippen molar-refractivity contribution in [3.05, 3.63) is 12.2 Å². The molecule has 0 saturated carbocycles. The molecule has 0 radical (unpaired) electrons. The van der Waals surface area contributed by atoms with E-state index in [1.54, 1.807) is 0 Å². The van der Waals surface area contributed by atoms with Crippen LogP contribution in [0.5, 0.6) is 0 Å². The highest BCUT2D eigenvalue weighted by molar-refractivity contribution is 5.74. The fraction of sp³-hybridized carbons (Fsp3) is 0.571. The Hall–Kier alpha value is -0.830. The maximum Gasteiger partial charge on any atom is 0.364 e. The van der Waals surface area contributed by atoms with E-state index in [4.69, 9.17) is 0 Å². The molecular formula is C7H12NO2+. The Morgan fingerprint density at radius 2 is 2.60 bits per heavy atom. The van der Waals surface area contributed by atoms with Crippen LogP contribution in [-0.2, 0) is 9.53 Å². The predicted octanol–water partition coefficient (Wildman–Crippen LogP) is -0.949. The Morgan fingerprint density at radius 3 is 3.00 bits per heavy atom. The zero-order chi connectivity index (χ0) is 7.56. The van der Waals surface area contributed by atoms with Crippen LogP contribution in [0.4, 0.5) is 0 Å². The van der Waals surface area contributed by atoms with Gasteiger partial charge in [0.15, 0.2) is 6.04 Å². The summed E-state index contributed by atoms with van der Waals surface area (Å²) in [5.41, 5.74) is 1.12. The van der Waals surface area contributed by atoms with Crippen molar-refractivity contribution in [2.75, 3.05) is 13.7 Å². The van der Waals surface area contributed by atoms with Gasteiger partial charge in [-0.1, -0.05) is 6.58 Å². The van der Waals surface area contributed by atoms with Gasteiger partial charge < -0.3 is 10.1 Å². The van der Waals surface area contributed by atoms with Crippen LogP contribution < -0.4 is 5.32 Å². The lowest BCUT2D eigenvalue weighted by Gasteiger charge is -2.01. The second kappa shape index (κ2) is 2.84. The van der Waals surface area contributed by atoms with E-state index in [1.807, 2.05) is 5.32 Å². The number of hydrogen-bond donors (Lipinski definition) is 1. The lowest BCUT2D eigenvalue weighted by atomic mass is 10.2. The van der Waals surface area contributed by atoms with Gasteiger partial charge >= 0.3 is 5.97 Å². The number of quaternary nitrogens is 1. The van der Waals surface area contributed by atoms with E-state index < -0.39 is 0 Å². The summed E-state index contributed by atoms with van der Waals surface area (Å²) in [4.78, 5) is 10.9. The van der Waals surface area contributed by atoms with Crippen LogP contribution >= 0.6 is 0 Å². The van der Waals surface area contributed by atoms with E-state index in [-0.39, 0.29) is 12.0 Å². The summed E-state index contributed by atoms with van der Waals surface area (Å²) in [6, 6.07) is -0.0301. The van der Waals surface area contributed by atoms with Crippen molar-refractivity contribution in [3.8, 4) is 0 Å². The zero-order valence-corrected chi connectivity index (χ0v) is 6.09. The molecule has 2 N–H and O–H groups in total. The average molecular weight is 142 g/mol. The maximum atomic E-state index is 10.9. The van der Waals surface area contributed by atoms with Crippen molar-refractivity contribution in [1.82, 2.24) is 0 Å². The molecule has 1 atom stereocenters. The minimum Gasteiger partial charge on any atom is -0.465 e. The van der Waals surface area contributed by atoms with E-state index in [0.29, 0.717) is 0 Å². The molecule has 0 bridgehead atoms. The van der Waals surface area contributed by atoms with Gasteiger partial charge in [0.25, 0.3) is 0 Å². The molecule has 3 nitrogen and oxygen atoms in total. The molecule has 0 aromatic heterocycles. The second-order valence-electron chi connectivity index (χ2n) is 2.52. The first-order chi connectivity index (χ1) is 4.74. The van der Waals surface area contributed by atoms with Crippen molar-refractivity contribution in [2.45, 2.75) is 12.5 Å². The van der Waals surface area contributed by atoms with Gasteiger partial charge in [0, 0.05) is 6.42 Å². The van der Waals surface area contributed by atoms with E-state index in [9.17, 15) is 4.79 Å². The molecule has 0 spiro atoms. The van der Waals surface area contributed by atoms with Crippen LogP contribution in [0, 0.1) is 0 Å². The molecule has 3 heteroatoms. The molecule has 1 aliphatic rings. The Labute approximate surface area is 60.1 Å². The van der Waals surface area contributed by atoms with Gasteiger partial charge in [-0.2, -0.15) is 0 Å². The molecule has 1 heterocycles. The van der Waals surface area contributed by atoms with Gasteiger partial charge in [0.05, 0.1) is 13.7 Å². The van der Waals surface area contributed by atoms with Crippen molar-refractivity contribution in [2.24, 2.45) is 0 Å². The standard InChI is InChI=1S/C7H11NO2/c1-5-3-6(8-4-5)7(9)10-2/h6,8H,1,3-4H2,2H3/p+1/t6-/m0/s1. The van der Waals surface area contributed by atoms with Gasteiger partial charge in [-0.05, 0) is 5.57 Å². The molecule has 56 valence electrons. The van der Waals surface area contributed by atoms with Crippen molar-refractivity contribution in [3.63, 3.8) is 0 Å². The third-order valence-electron chi connectivity index (χ3n) is 1.70. The molecule has 0 aromatic carbocycles. The average Bonchev–Trinajstić information content (AvgIpc) is 2.34. The minimum atomic E-state index is -0.140. The fourth-order valence-electron chi connectivity index (χ4n) is 1.12. The minimum absolute atomic E-state index is 0.0301. The van der Waals surface area contributed by atoms with Gasteiger partial charge in [-0.25, -0.2) is 4.79 Å². The third kappa shape index (κ3) is 1.36. The van der Waals surface area contributed by atoms with Crippen molar-refractivity contribution in [1.29, 1.82) is 0 Å². The SMILES string of the molecule is C=C1C[NH2+][C@H](C(=O)OC)C1. The number of ether oxygens (including phenoxy) is 1. The molecule has 1 saturated heterocycles. The molecular weight excluding hydrogens is 130 g/mol. The number of carbonyl (C=O) groups excluding carboxylic acids is 1. The summed E-state index contributed by atoms with van der Waals surface area (Å²) in [6.45, 7) is 4.64. The molecule has 0 unspecified atom stereocenters. The summed E-state index contributed by atoms with van der Waals surface area (Å²) in [6.07, 6.45) is 0.771. The smallest absolute Gasteiger partial charge is 0.364 e. The van der Waals surface area contributed by atoms with Crippen molar-refractivity contribution >= 4 is 5.97 Å². The van der Waals surface area contributed by atoms with E-state index in [1.165, 1.54) is 7.11 Å². The normalized spacial score (nSPS) is 24.9. The molecule has 0 amide bonds. The van der Waals surface area contributed by atoms with E-state index in [0.717, 1.165) is 18.5 Å². The maximum absolute atomic E-state index is 10.9. The number of rotatable bonds is 1. The predicted molar refractivity (Wildman–Crippen MR) is 36.4 cm³/mol. The quantitative estimate of drug-likeness (QED) is 0.379. The third-order valence-corrected chi connectivity index (χ3v) is 1.70. The lowest BCUT2D eigenvalue weighted by Crippen LogP contribution is -2.88. The van der Waals surface area contributed by atoms with Gasteiger partial charge in [-0.3, -0.25) is 0 Å². The topological polar surface area (TPSA) is 42.9 Å². The van der Waals surface area contributed by atoms with Crippen LogP contribution in [0.2, 0.25) is 0 Å². The first-order valence-electron chi connectivity index (χ1n) is 3.32. The van der Waals surface area contributed by atoms with Crippen molar-refractivity contribution < 1.29 is 14.8 Å². The first-order valence-corrected chi connectivity index (χ1v) is 3.32. The highest BCUT2D eigenvalue weighted by Crippen LogP contribution is 2.04. The van der Waals surface area contributed by atoms with Crippen LogP contribution in [0.1, 0.15) is 6.42 Å². The fourth-order valence-corrected chi connectivity index (χ4v) is 1.12. The Kier molecular flexibility index (Phi) is 2.06. The number of hydrogen-bond acceptors (Lipinski definition) is 2. The Morgan fingerprint density at radius 1 is 1.90 bits per heavy atom. The van der Waals surface area contributed by atoms with Crippen LogP contribution in [-0.4, -0.2) is 25.7 Å². The largest absolute Gasteiger partial charge is 0.465 e. The van der Waals surface area contributed by atoms with Crippen LogP contribution in [0.25, 0.3) is 0 Å². The van der Waals surface area contributed by atoms with Crippen LogP contribution in [0.15, 0.2) is 12.2 Å². The Balaban J connectivity index is 2.44. The number of nitrogens with two attached hydrogens (primary N) is 1. The summed E-state index contributed by atoms with van der Waals surface area (Å²) >= 11 is 0. The Bertz CT molecular complexity index is 165. The van der Waals surface area contributed by atoms with Gasteiger partial charge in [0.2, 0.25) is 0 Å². The molecule has 0 aliphatic carbocycles. The van der Waals surface area contributed by atoms with Gasteiger partial charge in [-0.15, -0.1) is 0 Å². The second-order valence-corrected chi connectivity index (χ2v) is 2.52. The first kappa shape index (κ1) is 7.28. The summed E-state index contributed by atoms with van der Waals surface area (Å²) in [5.74, 6) is -0.140. The molecule has 1 fully saturated rings. The lowest BCUT2D eigenvalue weighted by molar-refractivity contribution is -0.656. The molecule has 1 rings (SSSR count). The summed E-state index contributed by atoms with van der Waals surface area (Å²) < 4.78 is 4.57. The number of carbonyl (C=O) groups is 1. The number of methoxy groups -OCH3 is 1. The highest BCUT2D eigenvalue weighted by atomic mass is 16.5. The van der Waals surface area contributed by atoms with E-state index >= 15 is 0 Å². The summed E-state index contributed by atoms with van der Waals surface area (Å²) in [5, 5.41) is 1.95. The van der Waals surface area contributed by atoms with E-state index in [2.05, 4.69) is 11.3 Å².